The minimum Gasteiger partial charge on any atom is -0.458 e. The molecule has 0 amide bonds. The lowest BCUT2D eigenvalue weighted by Crippen LogP contribution is -2.68. The highest BCUT2D eigenvalue weighted by Gasteiger charge is 2.70. The third kappa shape index (κ3) is 5.54. The van der Waals surface area contributed by atoms with Crippen LogP contribution in [-0.2, 0) is 28.5 Å². The topological polar surface area (TPSA) is 245 Å². The van der Waals surface area contributed by atoms with Crippen LogP contribution in [0.2, 0.25) is 0 Å². The lowest BCUT2D eigenvalue weighted by molar-refractivity contribution is -0.366. The van der Waals surface area contributed by atoms with E-state index >= 15 is 0 Å². The Balaban J connectivity index is 1.01. The molecule has 50 heavy (non-hydrogen) atoms. The molecule has 18 unspecified atom stereocenters. The average molecular weight is 715 g/mol. The van der Waals surface area contributed by atoms with E-state index in [9.17, 15) is 50.8 Å². The van der Waals surface area contributed by atoms with E-state index in [0.717, 1.165) is 24.8 Å². The number of aliphatic hydroxyl groups is 9. The van der Waals surface area contributed by atoms with Gasteiger partial charge >= 0.3 is 5.97 Å². The van der Waals surface area contributed by atoms with E-state index < -0.39 is 103 Å². The second kappa shape index (κ2) is 13.2. The number of rotatable bonds is 7. The smallest absolute Gasteiger partial charge is 0.331 e. The molecule has 9 N–H and O–H groups in total. The first-order valence-corrected chi connectivity index (χ1v) is 18.2. The van der Waals surface area contributed by atoms with Gasteiger partial charge in [-0.2, -0.15) is 0 Å². The Morgan fingerprint density at radius 2 is 1.38 bits per heavy atom. The number of carbonyl (C=O) groups excluding carboxylic acids is 1. The molecule has 6 fully saturated rings. The summed E-state index contributed by atoms with van der Waals surface area (Å²) in [4.78, 5) is 11.9. The summed E-state index contributed by atoms with van der Waals surface area (Å²) in [7, 11) is 0. The average Bonchev–Trinajstić information content (AvgIpc) is 3.64. The van der Waals surface area contributed by atoms with Crippen molar-refractivity contribution in [2.75, 3.05) is 19.8 Å². The zero-order valence-electron chi connectivity index (χ0n) is 28.6. The van der Waals surface area contributed by atoms with E-state index in [4.69, 9.17) is 23.7 Å². The Kier molecular flexibility index (Phi) is 9.79. The van der Waals surface area contributed by atoms with Gasteiger partial charge in [-0.1, -0.05) is 13.8 Å². The maximum absolute atomic E-state index is 12.5. The fraction of sp³-hybridized carbons (Fsp3) is 0.914. The molecule has 3 heterocycles. The van der Waals surface area contributed by atoms with Crippen LogP contribution in [0, 0.1) is 28.6 Å². The van der Waals surface area contributed by atoms with E-state index in [-0.39, 0.29) is 36.8 Å². The Bertz CT molecular complexity index is 1310. The Morgan fingerprint density at radius 1 is 0.740 bits per heavy atom. The van der Waals surface area contributed by atoms with Crippen molar-refractivity contribution in [2.24, 2.45) is 28.6 Å². The van der Waals surface area contributed by atoms with E-state index in [0.29, 0.717) is 32.1 Å². The molecular formula is C35H54O15. The van der Waals surface area contributed by atoms with Gasteiger partial charge in [-0.3, -0.25) is 0 Å². The standard InChI is InChI=1S/C35H54O15/c1-32-7-3-17(47-30-28(43)26(41)29(22(14-37)49-30)50-31-27(42)25(40)24(39)21(13-36)48-31)12-34(32,44)9-5-20-19(32)4-8-33(2)18(6-10-35(20,33)45)16-11-23(38)46-15-16/h11,17-22,24-31,36-37,39-45H,3-10,12-15H2,1-2H3. The molecule has 0 aromatic rings. The van der Waals surface area contributed by atoms with Gasteiger partial charge in [0.2, 0.25) is 0 Å². The van der Waals surface area contributed by atoms with Crippen LogP contribution in [0.5, 0.6) is 0 Å². The summed E-state index contributed by atoms with van der Waals surface area (Å²) >= 11 is 0. The van der Waals surface area contributed by atoms with Gasteiger partial charge in [0.1, 0.15) is 55.4 Å². The highest BCUT2D eigenvalue weighted by molar-refractivity contribution is 5.85. The number of fused-ring (bicyclic) bond motifs is 5. The Hall–Kier alpha value is -1.31. The van der Waals surface area contributed by atoms with E-state index in [2.05, 4.69) is 13.8 Å². The van der Waals surface area contributed by atoms with Crippen molar-refractivity contribution in [3.8, 4) is 0 Å². The zero-order chi connectivity index (χ0) is 36.0. The van der Waals surface area contributed by atoms with Crippen molar-refractivity contribution in [3.63, 3.8) is 0 Å². The Labute approximate surface area is 290 Å². The second-order valence-electron chi connectivity index (χ2n) is 16.5. The third-order valence-electron chi connectivity index (χ3n) is 14.4. The second-order valence-corrected chi connectivity index (χ2v) is 16.5. The molecule has 7 rings (SSSR count). The monoisotopic (exact) mass is 714 g/mol. The molecule has 15 heteroatoms. The van der Waals surface area contributed by atoms with Gasteiger partial charge in [-0.25, -0.2) is 4.79 Å². The summed E-state index contributed by atoms with van der Waals surface area (Å²) in [5, 5.41) is 97.3. The third-order valence-corrected chi connectivity index (χ3v) is 14.4. The fourth-order valence-electron chi connectivity index (χ4n) is 11.3. The van der Waals surface area contributed by atoms with Gasteiger partial charge in [0.05, 0.1) is 30.5 Å². The number of aliphatic hydroxyl groups excluding tert-OH is 7. The van der Waals surface area contributed by atoms with Gasteiger partial charge in [-0.15, -0.1) is 0 Å². The van der Waals surface area contributed by atoms with E-state index in [1.54, 1.807) is 6.08 Å². The van der Waals surface area contributed by atoms with Crippen LogP contribution in [0.15, 0.2) is 11.6 Å². The van der Waals surface area contributed by atoms with Crippen molar-refractivity contribution in [1.82, 2.24) is 0 Å². The van der Waals surface area contributed by atoms with Crippen LogP contribution >= 0.6 is 0 Å². The lowest BCUT2D eigenvalue weighted by Gasteiger charge is -2.66. The minimum absolute atomic E-state index is 0.0165. The molecule has 2 saturated heterocycles. The number of hydrogen-bond donors (Lipinski definition) is 9. The summed E-state index contributed by atoms with van der Waals surface area (Å²) in [6, 6.07) is 0. The van der Waals surface area contributed by atoms with Crippen LogP contribution in [0.1, 0.15) is 71.6 Å². The summed E-state index contributed by atoms with van der Waals surface area (Å²) in [6.45, 7) is 3.18. The first kappa shape index (κ1) is 37.0. The molecule has 4 saturated carbocycles. The first-order valence-electron chi connectivity index (χ1n) is 18.2. The maximum atomic E-state index is 12.5. The number of ether oxygens (including phenoxy) is 5. The number of hydrogen-bond acceptors (Lipinski definition) is 15. The van der Waals surface area contributed by atoms with E-state index in [1.807, 2.05) is 0 Å². The van der Waals surface area contributed by atoms with Gasteiger partial charge in [-0.05, 0) is 80.1 Å². The molecule has 0 radical (unpaired) electrons. The maximum Gasteiger partial charge on any atom is 0.331 e. The SMILES string of the molecule is CC12CCC(OC3OC(CO)C(OC4OC(CO)C(O)C(O)C4O)C(O)C3O)CC1(O)CCC1C2CCC2(C)C(C3=CC(=O)OC3)CCC12O. The highest BCUT2D eigenvalue weighted by atomic mass is 16.7. The fourth-order valence-corrected chi connectivity index (χ4v) is 11.3. The first-order chi connectivity index (χ1) is 23.6. The van der Waals surface area contributed by atoms with Crippen LogP contribution in [-0.4, -0.2) is 150 Å². The number of carbonyl (C=O) groups is 1. The highest BCUT2D eigenvalue weighted by Crippen LogP contribution is 2.70. The normalized spacial score (nSPS) is 55.1. The minimum atomic E-state index is -1.77. The molecule has 0 bridgehead atoms. The molecule has 0 aromatic heterocycles. The summed E-state index contributed by atoms with van der Waals surface area (Å²) in [5.74, 6) is -0.209. The summed E-state index contributed by atoms with van der Waals surface area (Å²) in [6.07, 6.45) is -8.97. The van der Waals surface area contributed by atoms with Crippen molar-refractivity contribution in [2.45, 2.75) is 150 Å². The largest absolute Gasteiger partial charge is 0.458 e. The van der Waals surface area contributed by atoms with Gasteiger partial charge < -0.3 is 69.6 Å². The van der Waals surface area contributed by atoms with Gasteiger partial charge in [0, 0.05) is 17.9 Å². The molecule has 15 nitrogen and oxygen atoms in total. The van der Waals surface area contributed by atoms with Crippen molar-refractivity contribution < 1.29 is 74.4 Å². The number of esters is 1. The molecule has 3 aliphatic heterocycles. The van der Waals surface area contributed by atoms with E-state index in [1.165, 1.54) is 0 Å². The quantitative estimate of drug-likeness (QED) is 0.106. The van der Waals surface area contributed by atoms with Crippen molar-refractivity contribution in [1.29, 1.82) is 0 Å². The molecule has 18 atom stereocenters. The van der Waals surface area contributed by atoms with Gasteiger partial charge in [0.25, 0.3) is 0 Å². The van der Waals surface area contributed by atoms with Crippen LogP contribution < -0.4 is 0 Å². The molecule has 7 aliphatic rings. The van der Waals surface area contributed by atoms with Crippen LogP contribution in [0.4, 0.5) is 0 Å². The molecular weight excluding hydrogens is 660 g/mol. The predicted molar refractivity (Wildman–Crippen MR) is 168 cm³/mol. The summed E-state index contributed by atoms with van der Waals surface area (Å²) < 4.78 is 28.4. The lowest BCUT2D eigenvalue weighted by atomic mass is 9.42. The van der Waals surface area contributed by atoms with Gasteiger partial charge in [0.15, 0.2) is 12.6 Å². The molecule has 284 valence electrons. The Morgan fingerprint density at radius 3 is 2.06 bits per heavy atom. The molecule has 4 aliphatic carbocycles. The number of cyclic esters (lactones) is 1. The van der Waals surface area contributed by atoms with Crippen molar-refractivity contribution >= 4 is 5.97 Å². The molecule has 0 aromatic carbocycles. The van der Waals surface area contributed by atoms with Crippen LogP contribution in [0.3, 0.4) is 0 Å². The molecule has 0 spiro atoms. The zero-order valence-corrected chi connectivity index (χ0v) is 28.6. The summed E-state index contributed by atoms with van der Waals surface area (Å²) in [5.41, 5.74) is -2.01. The van der Waals surface area contributed by atoms with Crippen molar-refractivity contribution in [3.05, 3.63) is 11.6 Å². The predicted octanol–water partition coefficient (Wildman–Crippen LogP) is -1.63. The van der Waals surface area contributed by atoms with Crippen LogP contribution in [0.25, 0.3) is 0 Å².